The number of carbonyl (C=O) groups is 1. The number of aliphatic carboxylic acids is 1. The van der Waals surface area contributed by atoms with E-state index in [0.717, 1.165) is 36.3 Å². The van der Waals surface area contributed by atoms with Crippen LogP contribution in [0.5, 0.6) is 5.75 Å². The van der Waals surface area contributed by atoms with Crippen molar-refractivity contribution in [2.24, 2.45) is 0 Å². The first-order valence-corrected chi connectivity index (χ1v) is 10.7. The van der Waals surface area contributed by atoms with Crippen molar-refractivity contribution in [2.45, 2.75) is 25.2 Å². The minimum atomic E-state index is -0.985. The molecule has 0 amide bonds. The van der Waals surface area contributed by atoms with Crippen LogP contribution in [0.3, 0.4) is 0 Å². The molecule has 0 aliphatic carbocycles. The standard InChI is InChI=1S/C27H25NO4/c29-26(30)19-31-23-15-7-9-20(17-23)10-8-16-24-18-25(28-32-24)27(21-11-3-1-4-12-21)22-13-5-2-6-14-22/h1-7,9,11-15,17-18,27H,8,10,16,19H2,(H,29,30). The van der Waals surface area contributed by atoms with Crippen molar-refractivity contribution in [3.63, 3.8) is 0 Å². The second-order valence-electron chi connectivity index (χ2n) is 7.66. The average molecular weight is 428 g/mol. The molecule has 0 fully saturated rings. The molecule has 32 heavy (non-hydrogen) atoms. The van der Waals surface area contributed by atoms with Gasteiger partial charge in [0.2, 0.25) is 0 Å². The number of hydrogen-bond donors (Lipinski definition) is 1. The lowest BCUT2D eigenvalue weighted by molar-refractivity contribution is -0.139. The number of ether oxygens (including phenoxy) is 1. The molecule has 0 aliphatic heterocycles. The number of benzene rings is 3. The van der Waals surface area contributed by atoms with E-state index in [0.29, 0.717) is 5.75 Å². The third kappa shape index (κ3) is 5.64. The number of rotatable bonds is 10. The van der Waals surface area contributed by atoms with Gasteiger partial charge in [0.05, 0.1) is 11.6 Å². The summed E-state index contributed by atoms with van der Waals surface area (Å²) >= 11 is 0. The zero-order chi connectivity index (χ0) is 22.2. The van der Waals surface area contributed by atoms with Crippen LogP contribution >= 0.6 is 0 Å². The molecule has 0 saturated carbocycles. The summed E-state index contributed by atoms with van der Waals surface area (Å²) in [7, 11) is 0. The Morgan fingerprint density at radius 3 is 2.22 bits per heavy atom. The summed E-state index contributed by atoms with van der Waals surface area (Å²) in [6.07, 6.45) is 2.49. The van der Waals surface area contributed by atoms with Crippen LogP contribution in [0.4, 0.5) is 0 Å². The summed E-state index contributed by atoms with van der Waals surface area (Å²) in [5, 5.41) is 13.2. The number of aromatic nitrogens is 1. The lowest BCUT2D eigenvalue weighted by atomic mass is 9.88. The number of nitrogens with zero attached hydrogens (tertiary/aromatic N) is 1. The SMILES string of the molecule is O=C(O)COc1cccc(CCCc2cc(C(c3ccccc3)c3ccccc3)no2)c1. The third-order valence-corrected chi connectivity index (χ3v) is 5.29. The van der Waals surface area contributed by atoms with Crippen LogP contribution in [-0.4, -0.2) is 22.8 Å². The Balaban J connectivity index is 1.42. The summed E-state index contributed by atoms with van der Waals surface area (Å²) in [4.78, 5) is 10.7. The van der Waals surface area contributed by atoms with Gasteiger partial charge in [0, 0.05) is 12.5 Å². The lowest BCUT2D eigenvalue weighted by Gasteiger charge is -2.15. The van der Waals surface area contributed by atoms with Crippen molar-refractivity contribution in [3.8, 4) is 5.75 Å². The Labute approximate surface area is 187 Å². The van der Waals surface area contributed by atoms with Gasteiger partial charge < -0.3 is 14.4 Å². The van der Waals surface area contributed by atoms with Gasteiger partial charge in [-0.25, -0.2) is 4.79 Å². The summed E-state index contributed by atoms with van der Waals surface area (Å²) in [5.74, 6) is 0.467. The second kappa shape index (κ2) is 10.4. The summed E-state index contributed by atoms with van der Waals surface area (Å²) in [6.45, 7) is -0.339. The van der Waals surface area contributed by atoms with Crippen LogP contribution in [0.15, 0.2) is 95.5 Å². The van der Waals surface area contributed by atoms with Crippen LogP contribution in [0.2, 0.25) is 0 Å². The van der Waals surface area contributed by atoms with E-state index in [1.807, 2.05) is 54.6 Å². The highest BCUT2D eigenvalue weighted by atomic mass is 16.5. The first-order valence-electron chi connectivity index (χ1n) is 10.7. The molecule has 4 rings (SSSR count). The van der Waals surface area contributed by atoms with Gasteiger partial charge in [0.15, 0.2) is 6.61 Å². The highest BCUT2D eigenvalue weighted by molar-refractivity contribution is 5.68. The number of carboxylic acids is 1. The predicted octanol–water partition coefficient (Wildman–Crippen LogP) is 5.49. The van der Waals surface area contributed by atoms with Gasteiger partial charge in [-0.3, -0.25) is 0 Å². The van der Waals surface area contributed by atoms with E-state index in [4.69, 9.17) is 14.4 Å². The van der Waals surface area contributed by atoms with Crippen molar-refractivity contribution in [2.75, 3.05) is 6.61 Å². The summed E-state index contributed by atoms with van der Waals surface area (Å²) < 4.78 is 10.9. The Hall–Kier alpha value is -3.86. The highest BCUT2D eigenvalue weighted by Gasteiger charge is 2.20. The van der Waals surface area contributed by atoms with Crippen LogP contribution in [0.1, 0.15) is 40.5 Å². The van der Waals surface area contributed by atoms with Crippen molar-refractivity contribution < 1.29 is 19.2 Å². The van der Waals surface area contributed by atoms with Gasteiger partial charge in [-0.2, -0.15) is 0 Å². The van der Waals surface area contributed by atoms with Crippen LogP contribution < -0.4 is 4.74 Å². The molecule has 5 nitrogen and oxygen atoms in total. The van der Waals surface area contributed by atoms with Crippen LogP contribution in [0.25, 0.3) is 0 Å². The van der Waals surface area contributed by atoms with Crippen LogP contribution in [0, 0.1) is 0 Å². The molecular weight excluding hydrogens is 402 g/mol. The Morgan fingerprint density at radius 1 is 0.875 bits per heavy atom. The molecule has 1 heterocycles. The fraction of sp³-hybridized carbons (Fsp3) is 0.185. The van der Waals surface area contributed by atoms with Gasteiger partial charge in [-0.15, -0.1) is 0 Å². The van der Waals surface area contributed by atoms with Gasteiger partial charge in [0.25, 0.3) is 0 Å². The topological polar surface area (TPSA) is 72.6 Å². The molecular formula is C27H25NO4. The third-order valence-electron chi connectivity index (χ3n) is 5.29. The van der Waals surface area contributed by atoms with E-state index in [1.54, 1.807) is 6.07 Å². The normalized spacial score (nSPS) is 10.9. The quantitative estimate of drug-likeness (QED) is 0.362. The molecule has 4 aromatic rings. The van der Waals surface area contributed by atoms with Gasteiger partial charge >= 0.3 is 5.97 Å². The number of aryl methyl sites for hydroxylation is 2. The zero-order valence-corrected chi connectivity index (χ0v) is 17.7. The number of hydrogen-bond acceptors (Lipinski definition) is 4. The molecule has 5 heteroatoms. The molecule has 3 aromatic carbocycles. The summed E-state index contributed by atoms with van der Waals surface area (Å²) in [5.41, 5.74) is 4.36. The molecule has 0 aliphatic rings. The first kappa shape index (κ1) is 21.4. The maximum absolute atomic E-state index is 10.7. The molecule has 0 saturated heterocycles. The molecule has 1 aromatic heterocycles. The van der Waals surface area contributed by atoms with E-state index >= 15 is 0 Å². The fourth-order valence-corrected chi connectivity index (χ4v) is 3.81. The molecule has 0 atom stereocenters. The van der Waals surface area contributed by atoms with Crippen molar-refractivity contribution in [1.29, 1.82) is 0 Å². The second-order valence-corrected chi connectivity index (χ2v) is 7.66. The van der Waals surface area contributed by atoms with Crippen molar-refractivity contribution >= 4 is 5.97 Å². The Bertz CT molecular complexity index is 1100. The zero-order valence-electron chi connectivity index (χ0n) is 17.7. The monoisotopic (exact) mass is 427 g/mol. The molecule has 0 radical (unpaired) electrons. The Kier molecular flexibility index (Phi) is 6.98. The predicted molar refractivity (Wildman–Crippen MR) is 122 cm³/mol. The molecule has 0 unspecified atom stereocenters. The minimum Gasteiger partial charge on any atom is -0.482 e. The van der Waals surface area contributed by atoms with E-state index in [1.165, 1.54) is 11.1 Å². The fourth-order valence-electron chi connectivity index (χ4n) is 3.81. The first-order chi connectivity index (χ1) is 15.7. The molecule has 1 N–H and O–H groups in total. The highest BCUT2D eigenvalue weighted by Crippen LogP contribution is 2.31. The Morgan fingerprint density at radius 2 is 1.56 bits per heavy atom. The van der Waals surface area contributed by atoms with Crippen LogP contribution in [-0.2, 0) is 17.6 Å². The smallest absolute Gasteiger partial charge is 0.341 e. The molecule has 162 valence electrons. The van der Waals surface area contributed by atoms with E-state index in [-0.39, 0.29) is 12.5 Å². The molecule has 0 bridgehead atoms. The van der Waals surface area contributed by atoms with Gasteiger partial charge in [0.1, 0.15) is 11.5 Å². The average Bonchev–Trinajstić information content (AvgIpc) is 3.28. The minimum absolute atomic E-state index is 0.0259. The summed E-state index contributed by atoms with van der Waals surface area (Å²) in [6, 6.07) is 30.3. The van der Waals surface area contributed by atoms with Crippen molar-refractivity contribution in [3.05, 3.63) is 119 Å². The largest absolute Gasteiger partial charge is 0.482 e. The van der Waals surface area contributed by atoms with Gasteiger partial charge in [-0.1, -0.05) is 78.0 Å². The lowest BCUT2D eigenvalue weighted by Crippen LogP contribution is -2.09. The van der Waals surface area contributed by atoms with Gasteiger partial charge in [-0.05, 0) is 41.7 Å². The van der Waals surface area contributed by atoms with E-state index < -0.39 is 5.97 Å². The number of carboxylic acid groups (broad SMARTS) is 1. The van der Waals surface area contributed by atoms with Crippen molar-refractivity contribution in [1.82, 2.24) is 5.16 Å². The van der Waals surface area contributed by atoms with E-state index in [2.05, 4.69) is 35.5 Å². The maximum Gasteiger partial charge on any atom is 0.341 e. The van der Waals surface area contributed by atoms with E-state index in [9.17, 15) is 4.79 Å². The maximum atomic E-state index is 10.7. The molecule has 0 spiro atoms.